The second-order valence-electron chi connectivity index (χ2n) is 3.13. The van der Waals surface area contributed by atoms with Gasteiger partial charge in [-0.05, 0) is 18.6 Å². The van der Waals surface area contributed by atoms with Gasteiger partial charge in [0, 0.05) is 18.7 Å². The van der Waals surface area contributed by atoms with Crippen LogP contribution in [0, 0.1) is 5.92 Å². The topological polar surface area (TPSA) is 59.1 Å². The number of aliphatic hydroxyl groups excluding tert-OH is 1. The molecule has 1 heterocycles. The first kappa shape index (κ1) is 10.2. The van der Waals surface area contributed by atoms with E-state index in [9.17, 15) is 0 Å². The zero-order chi connectivity index (χ0) is 9.68. The van der Waals surface area contributed by atoms with E-state index in [1.165, 1.54) is 0 Å². The van der Waals surface area contributed by atoms with Gasteiger partial charge in [0.15, 0.2) is 0 Å². The van der Waals surface area contributed by atoms with Crippen molar-refractivity contribution in [1.82, 2.24) is 4.98 Å². The molecule has 72 valence electrons. The van der Waals surface area contributed by atoms with Crippen LogP contribution in [0.5, 0.6) is 0 Å². The number of hydrogen-bond donors (Lipinski definition) is 2. The average molecular weight is 180 g/mol. The number of aliphatic hydroxyl groups is 1. The van der Waals surface area contributed by atoms with E-state index in [-0.39, 0.29) is 18.6 Å². The zero-order valence-electron chi connectivity index (χ0n) is 7.85. The Kier molecular flexibility index (Phi) is 3.86. The third kappa shape index (κ3) is 2.50. The maximum absolute atomic E-state index is 9.05. The van der Waals surface area contributed by atoms with E-state index in [1.54, 1.807) is 6.20 Å². The molecule has 0 fully saturated rings. The summed E-state index contributed by atoms with van der Waals surface area (Å²) in [6, 6.07) is 5.50. The third-order valence-electron chi connectivity index (χ3n) is 2.30. The lowest BCUT2D eigenvalue weighted by Gasteiger charge is -2.19. The fourth-order valence-corrected chi connectivity index (χ4v) is 1.31. The molecule has 0 spiro atoms. The van der Waals surface area contributed by atoms with Gasteiger partial charge in [0.1, 0.15) is 0 Å². The van der Waals surface area contributed by atoms with E-state index in [2.05, 4.69) is 4.98 Å². The standard InChI is InChI=1S/C10H16N2O/c1-2-8(7-13)10(11)9-5-3-4-6-12-9/h3-6,8,10,13H,2,7,11H2,1H3. The second-order valence-corrected chi connectivity index (χ2v) is 3.13. The molecule has 0 saturated carbocycles. The second kappa shape index (κ2) is 4.94. The molecular weight excluding hydrogens is 164 g/mol. The minimum Gasteiger partial charge on any atom is -0.396 e. The van der Waals surface area contributed by atoms with Crippen LogP contribution >= 0.6 is 0 Å². The van der Waals surface area contributed by atoms with Crippen molar-refractivity contribution in [1.29, 1.82) is 0 Å². The summed E-state index contributed by atoms with van der Waals surface area (Å²) in [5.41, 5.74) is 6.79. The number of nitrogens with two attached hydrogens (primary N) is 1. The predicted octanol–water partition coefficient (Wildman–Crippen LogP) is 1.10. The first-order valence-corrected chi connectivity index (χ1v) is 4.57. The van der Waals surface area contributed by atoms with Gasteiger partial charge in [-0.25, -0.2) is 0 Å². The van der Waals surface area contributed by atoms with E-state index >= 15 is 0 Å². The Bertz CT molecular complexity index is 234. The Balaban J connectivity index is 2.72. The molecule has 2 atom stereocenters. The van der Waals surface area contributed by atoms with Gasteiger partial charge in [-0.15, -0.1) is 0 Å². The molecule has 0 aliphatic heterocycles. The van der Waals surface area contributed by atoms with Crippen LogP contribution in [-0.4, -0.2) is 16.7 Å². The highest BCUT2D eigenvalue weighted by molar-refractivity contribution is 5.09. The highest BCUT2D eigenvalue weighted by Crippen LogP contribution is 2.19. The van der Waals surface area contributed by atoms with Crippen LogP contribution in [0.1, 0.15) is 25.1 Å². The van der Waals surface area contributed by atoms with Crippen LogP contribution in [0.15, 0.2) is 24.4 Å². The highest BCUT2D eigenvalue weighted by atomic mass is 16.3. The van der Waals surface area contributed by atoms with Crippen molar-refractivity contribution >= 4 is 0 Å². The summed E-state index contributed by atoms with van der Waals surface area (Å²) in [6.07, 6.45) is 2.59. The number of pyridine rings is 1. The maximum atomic E-state index is 9.05. The Hall–Kier alpha value is -0.930. The summed E-state index contributed by atoms with van der Waals surface area (Å²) in [6.45, 7) is 2.14. The number of hydrogen-bond acceptors (Lipinski definition) is 3. The molecule has 0 saturated heterocycles. The summed E-state index contributed by atoms with van der Waals surface area (Å²) in [5.74, 6) is 0.106. The quantitative estimate of drug-likeness (QED) is 0.729. The van der Waals surface area contributed by atoms with Crippen molar-refractivity contribution in [3.63, 3.8) is 0 Å². The lowest BCUT2D eigenvalue weighted by molar-refractivity contribution is 0.199. The average Bonchev–Trinajstić information content (AvgIpc) is 2.21. The van der Waals surface area contributed by atoms with E-state index in [0.29, 0.717) is 0 Å². The van der Waals surface area contributed by atoms with E-state index in [1.807, 2.05) is 25.1 Å². The molecule has 3 nitrogen and oxygen atoms in total. The minimum atomic E-state index is -0.156. The Morgan fingerprint density at radius 2 is 2.31 bits per heavy atom. The van der Waals surface area contributed by atoms with Crippen LogP contribution in [0.3, 0.4) is 0 Å². The van der Waals surface area contributed by atoms with Crippen molar-refractivity contribution in [2.75, 3.05) is 6.61 Å². The molecule has 0 amide bonds. The molecular formula is C10H16N2O. The SMILES string of the molecule is CCC(CO)C(N)c1ccccn1. The molecule has 3 heteroatoms. The van der Waals surface area contributed by atoms with Gasteiger partial charge < -0.3 is 10.8 Å². The van der Waals surface area contributed by atoms with Crippen LogP contribution in [-0.2, 0) is 0 Å². The Labute approximate surface area is 78.6 Å². The first-order chi connectivity index (χ1) is 6.29. The van der Waals surface area contributed by atoms with Crippen LogP contribution in [0.25, 0.3) is 0 Å². The maximum Gasteiger partial charge on any atom is 0.0574 e. The van der Waals surface area contributed by atoms with Crippen LogP contribution in [0.2, 0.25) is 0 Å². The molecule has 13 heavy (non-hydrogen) atoms. The van der Waals surface area contributed by atoms with Gasteiger partial charge >= 0.3 is 0 Å². The molecule has 1 aromatic heterocycles. The van der Waals surface area contributed by atoms with Crippen molar-refractivity contribution in [2.24, 2.45) is 11.7 Å². The van der Waals surface area contributed by atoms with Gasteiger partial charge in [0.2, 0.25) is 0 Å². The van der Waals surface area contributed by atoms with Crippen molar-refractivity contribution in [3.05, 3.63) is 30.1 Å². The molecule has 1 rings (SSSR count). The monoisotopic (exact) mass is 180 g/mol. The van der Waals surface area contributed by atoms with Crippen LogP contribution < -0.4 is 5.73 Å². The van der Waals surface area contributed by atoms with Crippen molar-refractivity contribution < 1.29 is 5.11 Å². The van der Waals surface area contributed by atoms with Gasteiger partial charge in [-0.1, -0.05) is 13.0 Å². The van der Waals surface area contributed by atoms with E-state index in [4.69, 9.17) is 10.8 Å². The summed E-state index contributed by atoms with van der Waals surface area (Å²) in [7, 11) is 0. The predicted molar refractivity (Wildman–Crippen MR) is 52.0 cm³/mol. The number of rotatable bonds is 4. The largest absolute Gasteiger partial charge is 0.396 e. The fraction of sp³-hybridized carbons (Fsp3) is 0.500. The third-order valence-corrected chi connectivity index (χ3v) is 2.30. The summed E-state index contributed by atoms with van der Waals surface area (Å²) < 4.78 is 0. The molecule has 0 aliphatic carbocycles. The zero-order valence-corrected chi connectivity index (χ0v) is 7.85. The summed E-state index contributed by atoms with van der Waals surface area (Å²) >= 11 is 0. The van der Waals surface area contributed by atoms with Gasteiger partial charge in [0.25, 0.3) is 0 Å². The van der Waals surface area contributed by atoms with Gasteiger partial charge in [-0.3, -0.25) is 4.98 Å². The normalized spacial score (nSPS) is 15.3. The lowest BCUT2D eigenvalue weighted by Crippen LogP contribution is -2.24. The number of aromatic nitrogens is 1. The Morgan fingerprint density at radius 3 is 2.77 bits per heavy atom. The first-order valence-electron chi connectivity index (χ1n) is 4.57. The summed E-state index contributed by atoms with van der Waals surface area (Å²) in [4.78, 5) is 4.16. The number of nitrogens with zero attached hydrogens (tertiary/aromatic N) is 1. The lowest BCUT2D eigenvalue weighted by atomic mass is 9.96. The molecule has 0 radical (unpaired) electrons. The van der Waals surface area contributed by atoms with E-state index in [0.717, 1.165) is 12.1 Å². The van der Waals surface area contributed by atoms with E-state index < -0.39 is 0 Å². The smallest absolute Gasteiger partial charge is 0.0574 e. The molecule has 1 aromatic rings. The van der Waals surface area contributed by atoms with Gasteiger partial charge in [0.05, 0.1) is 11.7 Å². The highest BCUT2D eigenvalue weighted by Gasteiger charge is 2.17. The van der Waals surface area contributed by atoms with Crippen LogP contribution in [0.4, 0.5) is 0 Å². The van der Waals surface area contributed by atoms with Gasteiger partial charge in [-0.2, -0.15) is 0 Å². The molecule has 2 unspecified atom stereocenters. The minimum absolute atomic E-state index is 0.106. The Morgan fingerprint density at radius 1 is 1.54 bits per heavy atom. The van der Waals surface area contributed by atoms with Crippen molar-refractivity contribution in [2.45, 2.75) is 19.4 Å². The fourth-order valence-electron chi connectivity index (χ4n) is 1.31. The summed E-state index contributed by atoms with van der Waals surface area (Å²) in [5, 5.41) is 9.05. The molecule has 0 aromatic carbocycles. The molecule has 3 N–H and O–H groups in total. The van der Waals surface area contributed by atoms with Crippen molar-refractivity contribution in [3.8, 4) is 0 Å². The molecule has 0 bridgehead atoms. The molecule has 0 aliphatic rings.